The van der Waals surface area contributed by atoms with Gasteiger partial charge in [0.05, 0.1) is 17.7 Å². The Labute approximate surface area is 248 Å². The molecule has 42 heavy (non-hydrogen) atoms. The zero-order chi connectivity index (χ0) is 29.2. The van der Waals surface area contributed by atoms with E-state index in [1.165, 1.54) is 0 Å². The van der Waals surface area contributed by atoms with E-state index in [9.17, 15) is 19.5 Å². The highest BCUT2D eigenvalue weighted by Crippen LogP contribution is 2.57. The van der Waals surface area contributed by atoms with Crippen LogP contribution in [0.5, 0.6) is 0 Å². The molecule has 4 aliphatic carbocycles. The molecule has 1 heterocycles. The first kappa shape index (κ1) is 26.9. The molecule has 4 aromatic rings. The van der Waals surface area contributed by atoms with E-state index in [1.54, 1.807) is 42.5 Å². The molecule has 214 valence electrons. The summed E-state index contributed by atoms with van der Waals surface area (Å²) >= 11 is 6.36. The van der Waals surface area contributed by atoms with Gasteiger partial charge in [0, 0.05) is 45.0 Å². The first-order chi connectivity index (χ1) is 20.2. The molecule has 8 rings (SSSR count). The third-order valence-electron chi connectivity index (χ3n) is 9.64. The maximum absolute atomic E-state index is 14.3. The fourth-order valence-electron chi connectivity index (χ4n) is 8.17. The lowest BCUT2D eigenvalue weighted by atomic mass is 9.52. The van der Waals surface area contributed by atoms with Crippen LogP contribution >= 0.6 is 11.6 Å². The number of aliphatic hydroxyl groups is 1. The standard InChI is InChI=1S/C34H32ClN3O4/c35-26-10-11-28-29(14-26)37(27-4-2-1-3-5-27)18-25(31(28)39)19-38(33(41)22-8-6-21(7-9-22)32(36)40)30-23-12-20-13-24(30)17-34(42,15-20)16-23/h1-11,14,18,20,23-24,30,42H,12-13,15-17,19H2,(H2,36,40). The fraction of sp³-hybridized carbons (Fsp3) is 0.324. The molecular formula is C34H32ClN3O4. The number of carbonyl (C=O) groups excluding carboxylic acids is 2. The Kier molecular flexibility index (Phi) is 6.48. The molecule has 4 aliphatic rings. The monoisotopic (exact) mass is 581 g/mol. The minimum absolute atomic E-state index is 0.101. The van der Waals surface area contributed by atoms with Crippen molar-refractivity contribution in [3.05, 3.63) is 111 Å². The summed E-state index contributed by atoms with van der Waals surface area (Å²) in [6.45, 7) is 0.126. The lowest BCUT2D eigenvalue weighted by Crippen LogP contribution is -2.62. The van der Waals surface area contributed by atoms with E-state index in [0.29, 0.717) is 51.4 Å². The Morgan fingerprint density at radius 2 is 1.62 bits per heavy atom. The van der Waals surface area contributed by atoms with E-state index in [4.69, 9.17) is 17.3 Å². The molecule has 2 amide bonds. The first-order valence-electron chi connectivity index (χ1n) is 14.5. The minimum atomic E-state index is -0.660. The summed E-state index contributed by atoms with van der Waals surface area (Å²) in [5.74, 6) is 0.0305. The topological polar surface area (TPSA) is 106 Å². The van der Waals surface area contributed by atoms with Crippen LogP contribution in [0.1, 0.15) is 58.4 Å². The van der Waals surface area contributed by atoms with Gasteiger partial charge in [-0.3, -0.25) is 14.4 Å². The van der Waals surface area contributed by atoms with Crippen LogP contribution in [0, 0.1) is 17.8 Å². The van der Waals surface area contributed by atoms with Crippen LogP contribution in [0.4, 0.5) is 0 Å². The van der Waals surface area contributed by atoms with Gasteiger partial charge in [0.15, 0.2) is 5.43 Å². The first-order valence-corrected chi connectivity index (χ1v) is 14.9. The van der Waals surface area contributed by atoms with E-state index in [1.807, 2.05) is 46.0 Å². The molecule has 4 saturated carbocycles. The molecule has 8 heteroatoms. The van der Waals surface area contributed by atoms with Gasteiger partial charge in [-0.15, -0.1) is 0 Å². The highest BCUT2D eigenvalue weighted by Gasteiger charge is 2.56. The number of para-hydroxylation sites is 1. The van der Waals surface area contributed by atoms with Crippen molar-refractivity contribution in [2.45, 2.75) is 50.3 Å². The summed E-state index contributed by atoms with van der Waals surface area (Å²) in [6.07, 6.45) is 5.94. The van der Waals surface area contributed by atoms with Crippen LogP contribution in [0.3, 0.4) is 0 Å². The molecule has 3 N–H and O–H groups in total. The number of fused-ring (bicyclic) bond motifs is 1. The van der Waals surface area contributed by atoms with Crippen molar-refractivity contribution in [3.8, 4) is 5.69 Å². The van der Waals surface area contributed by atoms with E-state index < -0.39 is 11.5 Å². The van der Waals surface area contributed by atoms with Crippen molar-refractivity contribution < 1.29 is 14.7 Å². The third kappa shape index (κ3) is 4.61. The highest BCUT2D eigenvalue weighted by atomic mass is 35.5. The Morgan fingerprint density at radius 3 is 2.26 bits per heavy atom. The summed E-state index contributed by atoms with van der Waals surface area (Å²) in [4.78, 5) is 41.9. The molecule has 4 fully saturated rings. The average Bonchev–Trinajstić information content (AvgIpc) is 2.96. The highest BCUT2D eigenvalue weighted by molar-refractivity contribution is 6.31. The largest absolute Gasteiger partial charge is 0.390 e. The van der Waals surface area contributed by atoms with Crippen LogP contribution in [0.2, 0.25) is 5.02 Å². The van der Waals surface area contributed by atoms with Gasteiger partial charge in [-0.05, 0) is 104 Å². The number of hydrogen-bond acceptors (Lipinski definition) is 4. The number of amides is 2. The zero-order valence-corrected chi connectivity index (χ0v) is 23.8. The molecule has 2 atom stereocenters. The van der Waals surface area contributed by atoms with Gasteiger partial charge in [-0.2, -0.15) is 0 Å². The number of carbonyl (C=O) groups is 2. The zero-order valence-electron chi connectivity index (χ0n) is 23.1. The molecule has 0 saturated heterocycles. The molecule has 3 aromatic carbocycles. The average molecular weight is 582 g/mol. The van der Waals surface area contributed by atoms with Crippen molar-refractivity contribution in [2.75, 3.05) is 0 Å². The number of primary amides is 1. The molecule has 7 nitrogen and oxygen atoms in total. The number of rotatable bonds is 6. The maximum atomic E-state index is 14.3. The van der Waals surface area contributed by atoms with Crippen molar-refractivity contribution in [3.63, 3.8) is 0 Å². The van der Waals surface area contributed by atoms with E-state index in [-0.39, 0.29) is 35.8 Å². The fourth-order valence-corrected chi connectivity index (χ4v) is 8.34. The van der Waals surface area contributed by atoms with Crippen molar-refractivity contribution in [1.29, 1.82) is 0 Å². The van der Waals surface area contributed by atoms with Crippen molar-refractivity contribution >= 4 is 34.3 Å². The third-order valence-corrected chi connectivity index (χ3v) is 9.88. The van der Waals surface area contributed by atoms with Crippen LogP contribution in [0.15, 0.2) is 83.8 Å². The van der Waals surface area contributed by atoms with Gasteiger partial charge in [-0.1, -0.05) is 29.8 Å². The van der Waals surface area contributed by atoms with Gasteiger partial charge in [-0.25, -0.2) is 0 Å². The second-order valence-corrected chi connectivity index (χ2v) is 12.8. The van der Waals surface area contributed by atoms with Crippen molar-refractivity contribution in [1.82, 2.24) is 9.47 Å². The van der Waals surface area contributed by atoms with Crippen LogP contribution in [-0.4, -0.2) is 38.0 Å². The molecular weight excluding hydrogens is 550 g/mol. The Balaban J connectivity index is 1.35. The smallest absolute Gasteiger partial charge is 0.254 e. The van der Waals surface area contributed by atoms with Crippen molar-refractivity contribution in [2.24, 2.45) is 23.5 Å². The predicted molar refractivity (Wildman–Crippen MR) is 162 cm³/mol. The van der Waals surface area contributed by atoms with E-state index in [2.05, 4.69) is 0 Å². The number of pyridine rings is 1. The number of nitrogens with two attached hydrogens (primary N) is 1. The Hall–Kier alpha value is -3.94. The second kappa shape index (κ2) is 10.1. The molecule has 1 aromatic heterocycles. The van der Waals surface area contributed by atoms with Gasteiger partial charge in [0.25, 0.3) is 5.91 Å². The number of aromatic nitrogens is 1. The normalized spacial score (nSPS) is 26.0. The number of hydrogen-bond donors (Lipinski definition) is 2. The summed E-state index contributed by atoms with van der Waals surface area (Å²) in [5.41, 5.74) is 7.48. The quantitative estimate of drug-likeness (QED) is 0.321. The van der Waals surface area contributed by atoms with E-state index in [0.717, 1.165) is 24.9 Å². The lowest BCUT2D eigenvalue weighted by Gasteiger charge is -2.60. The van der Waals surface area contributed by atoms with Crippen LogP contribution in [-0.2, 0) is 6.54 Å². The van der Waals surface area contributed by atoms with Crippen LogP contribution < -0.4 is 11.2 Å². The molecule has 4 bridgehead atoms. The van der Waals surface area contributed by atoms with Gasteiger partial charge in [0.2, 0.25) is 5.91 Å². The van der Waals surface area contributed by atoms with Gasteiger partial charge >= 0.3 is 0 Å². The molecule has 0 aliphatic heterocycles. The minimum Gasteiger partial charge on any atom is -0.390 e. The Morgan fingerprint density at radius 1 is 0.952 bits per heavy atom. The summed E-state index contributed by atoms with van der Waals surface area (Å²) < 4.78 is 1.96. The summed E-state index contributed by atoms with van der Waals surface area (Å²) in [6, 6.07) is 21.3. The lowest BCUT2D eigenvalue weighted by molar-refractivity contribution is -0.155. The molecule has 0 radical (unpaired) electrons. The summed E-state index contributed by atoms with van der Waals surface area (Å²) in [5, 5.41) is 12.3. The second-order valence-electron chi connectivity index (χ2n) is 12.4. The van der Waals surface area contributed by atoms with Gasteiger partial charge in [0.1, 0.15) is 0 Å². The predicted octanol–water partition coefficient (Wildman–Crippen LogP) is 5.33. The molecule has 2 unspecified atom stereocenters. The van der Waals surface area contributed by atoms with Gasteiger partial charge < -0.3 is 20.3 Å². The number of benzene rings is 3. The molecule has 0 spiro atoms. The SMILES string of the molecule is NC(=O)c1ccc(C(=O)N(Cc2cn(-c3ccccc3)c3cc(Cl)ccc3c2=O)C2C3CC4CC2CC(O)(C4)C3)cc1. The number of halogens is 1. The van der Waals surface area contributed by atoms with Crippen LogP contribution in [0.25, 0.3) is 16.6 Å². The number of nitrogens with zero attached hydrogens (tertiary/aromatic N) is 2. The maximum Gasteiger partial charge on any atom is 0.254 e. The Bertz CT molecular complexity index is 1750. The summed E-state index contributed by atoms with van der Waals surface area (Å²) in [7, 11) is 0. The van der Waals surface area contributed by atoms with E-state index >= 15 is 0 Å².